The molecule has 90 valence electrons. The van der Waals surface area contributed by atoms with Crippen molar-refractivity contribution in [2.75, 3.05) is 7.11 Å². The first-order chi connectivity index (χ1) is 7.70. The smallest absolute Gasteiger partial charge is 0.0974 e. The summed E-state index contributed by atoms with van der Waals surface area (Å²) in [5.41, 5.74) is 7.43. The van der Waals surface area contributed by atoms with Gasteiger partial charge in [-0.3, -0.25) is 0 Å². The third-order valence-corrected chi connectivity index (χ3v) is 3.13. The molecule has 1 rings (SSSR count). The molecule has 16 heavy (non-hydrogen) atoms. The summed E-state index contributed by atoms with van der Waals surface area (Å²) in [4.78, 5) is 0. The van der Waals surface area contributed by atoms with Crippen molar-refractivity contribution < 1.29 is 4.74 Å². The van der Waals surface area contributed by atoms with Crippen LogP contribution in [0.15, 0.2) is 30.3 Å². The van der Waals surface area contributed by atoms with Gasteiger partial charge in [0.2, 0.25) is 0 Å². The van der Waals surface area contributed by atoms with Gasteiger partial charge in [-0.2, -0.15) is 0 Å². The first kappa shape index (κ1) is 13.2. The van der Waals surface area contributed by atoms with Gasteiger partial charge < -0.3 is 10.5 Å². The first-order valence-corrected chi connectivity index (χ1v) is 6.04. The summed E-state index contributed by atoms with van der Waals surface area (Å²) >= 11 is 0. The van der Waals surface area contributed by atoms with Crippen LogP contribution >= 0.6 is 0 Å². The molecule has 0 amide bonds. The highest BCUT2D eigenvalue weighted by Crippen LogP contribution is 2.25. The number of hydrogen-bond acceptors (Lipinski definition) is 2. The van der Waals surface area contributed by atoms with Crippen molar-refractivity contribution in [2.45, 2.75) is 38.8 Å². The van der Waals surface area contributed by atoms with Crippen LogP contribution in [-0.4, -0.2) is 13.2 Å². The third-order valence-electron chi connectivity index (χ3n) is 3.13. The fourth-order valence-corrected chi connectivity index (χ4v) is 2.10. The van der Waals surface area contributed by atoms with Gasteiger partial charge in [-0.05, 0) is 17.9 Å². The molecule has 0 spiro atoms. The predicted octanol–water partition coefficient (Wildman–Crippen LogP) is 3.14. The number of benzene rings is 1. The molecule has 0 aliphatic rings. The molecule has 0 bridgehead atoms. The summed E-state index contributed by atoms with van der Waals surface area (Å²) in [5, 5.41) is 0. The molecule has 0 heterocycles. The van der Waals surface area contributed by atoms with Gasteiger partial charge in [0, 0.05) is 13.2 Å². The maximum absolute atomic E-state index is 6.27. The fourth-order valence-electron chi connectivity index (χ4n) is 2.10. The van der Waals surface area contributed by atoms with Crippen molar-refractivity contribution in [1.29, 1.82) is 0 Å². The molecule has 0 saturated carbocycles. The molecule has 0 aromatic heterocycles. The van der Waals surface area contributed by atoms with Crippen LogP contribution < -0.4 is 5.73 Å². The molecule has 3 atom stereocenters. The van der Waals surface area contributed by atoms with Gasteiger partial charge in [0.1, 0.15) is 0 Å². The van der Waals surface area contributed by atoms with Gasteiger partial charge in [-0.25, -0.2) is 0 Å². The van der Waals surface area contributed by atoms with E-state index in [1.165, 1.54) is 12.0 Å². The van der Waals surface area contributed by atoms with Gasteiger partial charge in [0.25, 0.3) is 0 Å². The molecule has 0 saturated heterocycles. The average molecular weight is 221 g/mol. The van der Waals surface area contributed by atoms with Crippen molar-refractivity contribution in [3.05, 3.63) is 35.9 Å². The standard InChI is InChI=1S/C14H23NO/c1-4-8-11(2)13(15)14(16-3)12-9-6-5-7-10-12/h5-7,9-11,13-14H,4,8,15H2,1-3H3. The van der Waals surface area contributed by atoms with Crippen LogP contribution in [-0.2, 0) is 4.74 Å². The average Bonchev–Trinajstić information content (AvgIpc) is 2.31. The Hall–Kier alpha value is -0.860. The second-order valence-corrected chi connectivity index (χ2v) is 4.41. The molecule has 2 heteroatoms. The minimum Gasteiger partial charge on any atom is -0.375 e. The highest BCUT2D eigenvalue weighted by molar-refractivity contribution is 5.19. The van der Waals surface area contributed by atoms with Gasteiger partial charge in [0.05, 0.1) is 6.10 Å². The van der Waals surface area contributed by atoms with Crippen LogP contribution in [0.3, 0.4) is 0 Å². The lowest BCUT2D eigenvalue weighted by atomic mass is 9.90. The summed E-state index contributed by atoms with van der Waals surface area (Å²) < 4.78 is 5.54. The molecule has 0 radical (unpaired) electrons. The quantitative estimate of drug-likeness (QED) is 0.801. The van der Waals surface area contributed by atoms with Crippen LogP contribution in [0.2, 0.25) is 0 Å². The Balaban J connectivity index is 2.74. The minimum atomic E-state index is 0.00255. The van der Waals surface area contributed by atoms with Crippen LogP contribution in [0.4, 0.5) is 0 Å². The lowest BCUT2D eigenvalue weighted by Gasteiger charge is -2.28. The molecule has 1 aromatic carbocycles. The molecule has 2 N–H and O–H groups in total. The number of rotatable bonds is 6. The summed E-state index contributed by atoms with van der Waals surface area (Å²) in [6.45, 7) is 4.39. The SMILES string of the molecule is CCCC(C)C(N)C(OC)c1ccccc1. The topological polar surface area (TPSA) is 35.2 Å². The summed E-state index contributed by atoms with van der Waals surface area (Å²) in [6.07, 6.45) is 2.32. The summed E-state index contributed by atoms with van der Waals surface area (Å²) in [7, 11) is 1.73. The number of methoxy groups -OCH3 is 1. The zero-order valence-electron chi connectivity index (χ0n) is 10.5. The molecular weight excluding hydrogens is 198 g/mol. The van der Waals surface area contributed by atoms with Crippen molar-refractivity contribution >= 4 is 0 Å². The second kappa shape index (κ2) is 6.66. The van der Waals surface area contributed by atoms with E-state index in [4.69, 9.17) is 10.5 Å². The molecule has 1 aromatic rings. The lowest BCUT2D eigenvalue weighted by molar-refractivity contribution is 0.0621. The molecule has 2 nitrogen and oxygen atoms in total. The molecule has 0 fully saturated rings. The van der Waals surface area contributed by atoms with E-state index in [1.54, 1.807) is 7.11 Å². The second-order valence-electron chi connectivity index (χ2n) is 4.41. The van der Waals surface area contributed by atoms with Gasteiger partial charge in [0.15, 0.2) is 0 Å². The van der Waals surface area contributed by atoms with E-state index in [1.807, 2.05) is 18.2 Å². The normalized spacial score (nSPS) is 16.8. The zero-order valence-corrected chi connectivity index (χ0v) is 10.5. The van der Waals surface area contributed by atoms with E-state index in [2.05, 4.69) is 26.0 Å². The summed E-state index contributed by atoms with van der Waals surface area (Å²) in [5.74, 6) is 0.482. The number of ether oxygens (including phenoxy) is 1. The first-order valence-electron chi connectivity index (χ1n) is 6.04. The minimum absolute atomic E-state index is 0.00255. The van der Waals surface area contributed by atoms with Crippen molar-refractivity contribution in [1.82, 2.24) is 0 Å². The summed E-state index contributed by atoms with van der Waals surface area (Å²) in [6, 6.07) is 10.3. The molecule has 0 aliphatic heterocycles. The molecule has 0 aliphatic carbocycles. The van der Waals surface area contributed by atoms with E-state index in [9.17, 15) is 0 Å². The van der Waals surface area contributed by atoms with Gasteiger partial charge in [-0.1, -0.05) is 50.6 Å². The lowest BCUT2D eigenvalue weighted by Crippen LogP contribution is -2.35. The largest absolute Gasteiger partial charge is 0.375 e. The highest BCUT2D eigenvalue weighted by atomic mass is 16.5. The van der Waals surface area contributed by atoms with Crippen molar-refractivity contribution in [3.63, 3.8) is 0 Å². The number of hydrogen-bond donors (Lipinski definition) is 1. The van der Waals surface area contributed by atoms with Gasteiger partial charge >= 0.3 is 0 Å². The highest BCUT2D eigenvalue weighted by Gasteiger charge is 2.23. The Kier molecular flexibility index (Phi) is 5.50. The van der Waals surface area contributed by atoms with E-state index in [0.29, 0.717) is 5.92 Å². The number of nitrogens with two attached hydrogens (primary N) is 1. The van der Waals surface area contributed by atoms with E-state index in [-0.39, 0.29) is 12.1 Å². The van der Waals surface area contributed by atoms with Crippen LogP contribution in [0.5, 0.6) is 0 Å². The monoisotopic (exact) mass is 221 g/mol. The maximum Gasteiger partial charge on any atom is 0.0974 e. The van der Waals surface area contributed by atoms with E-state index >= 15 is 0 Å². The van der Waals surface area contributed by atoms with Gasteiger partial charge in [-0.15, -0.1) is 0 Å². The van der Waals surface area contributed by atoms with Crippen LogP contribution in [0.1, 0.15) is 38.4 Å². The third kappa shape index (κ3) is 3.32. The fraction of sp³-hybridized carbons (Fsp3) is 0.571. The Bertz CT molecular complexity index is 286. The Morgan fingerprint density at radius 2 is 1.88 bits per heavy atom. The Morgan fingerprint density at radius 3 is 2.38 bits per heavy atom. The Morgan fingerprint density at radius 1 is 1.25 bits per heavy atom. The zero-order chi connectivity index (χ0) is 12.0. The predicted molar refractivity (Wildman–Crippen MR) is 68.2 cm³/mol. The van der Waals surface area contributed by atoms with Crippen molar-refractivity contribution in [2.24, 2.45) is 11.7 Å². The molecular formula is C14H23NO. The van der Waals surface area contributed by atoms with E-state index in [0.717, 1.165) is 6.42 Å². The van der Waals surface area contributed by atoms with Crippen LogP contribution in [0.25, 0.3) is 0 Å². The van der Waals surface area contributed by atoms with Crippen LogP contribution in [0, 0.1) is 5.92 Å². The van der Waals surface area contributed by atoms with Crippen molar-refractivity contribution in [3.8, 4) is 0 Å². The maximum atomic E-state index is 6.27. The van der Waals surface area contributed by atoms with E-state index < -0.39 is 0 Å². The Labute approximate surface area is 98.8 Å². The molecule has 3 unspecified atom stereocenters.